The molecule has 2 rings (SSSR count). The van der Waals surface area contributed by atoms with E-state index in [1.165, 1.54) is 6.33 Å². The summed E-state index contributed by atoms with van der Waals surface area (Å²) >= 11 is 3.32. The molecule has 0 spiro atoms. The molecule has 0 fully saturated rings. The number of nitrogen functional groups attached to an aromatic ring is 1. The van der Waals surface area contributed by atoms with Gasteiger partial charge >= 0.3 is 0 Å². The molecule has 13 heavy (non-hydrogen) atoms. The molecular weight excluding hydrogens is 234 g/mol. The summed E-state index contributed by atoms with van der Waals surface area (Å²) in [5.41, 5.74) is 7.19. The van der Waals surface area contributed by atoms with E-state index in [9.17, 15) is 0 Å². The minimum atomic E-state index is 0.692. The molecule has 0 saturated heterocycles. The Morgan fingerprint density at radius 1 is 1.38 bits per heavy atom. The molecule has 1 aromatic heterocycles. The van der Waals surface area contributed by atoms with E-state index < -0.39 is 0 Å². The van der Waals surface area contributed by atoms with Crippen LogP contribution in [0.1, 0.15) is 0 Å². The second-order valence-electron chi connectivity index (χ2n) is 2.46. The fourth-order valence-electron chi connectivity index (χ4n) is 0.938. The predicted molar refractivity (Wildman–Crippen MR) is 51.3 cm³/mol. The van der Waals surface area contributed by atoms with Crippen LogP contribution in [0, 0.1) is 0 Å². The summed E-state index contributed by atoms with van der Waals surface area (Å²) in [6, 6.07) is 5.49. The van der Waals surface area contributed by atoms with Gasteiger partial charge in [-0.05, 0) is 44.6 Å². The first-order valence-corrected chi connectivity index (χ1v) is 4.35. The van der Waals surface area contributed by atoms with Gasteiger partial charge in [-0.15, -0.1) is 5.10 Å². The summed E-state index contributed by atoms with van der Waals surface area (Å²) in [5.74, 6) is 0. The van der Waals surface area contributed by atoms with Crippen molar-refractivity contribution in [2.24, 2.45) is 0 Å². The predicted octanol–water partition coefficient (Wildman–Crippen LogP) is 1.01. The lowest BCUT2D eigenvalue weighted by molar-refractivity contribution is 0.789. The van der Waals surface area contributed by atoms with Crippen LogP contribution in [-0.2, 0) is 0 Å². The van der Waals surface area contributed by atoms with Crippen molar-refractivity contribution in [1.82, 2.24) is 20.2 Å². The van der Waals surface area contributed by atoms with Crippen LogP contribution < -0.4 is 5.73 Å². The lowest BCUT2D eigenvalue weighted by Gasteiger charge is -2.01. The molecule has 1 heterocycles. The van der Waals surface area contributed by atoms with E-state index in [1.807, 2.05) is 12.1 Å². The Morgan fingerprint density at radius 2 is 2.23 bits per heavy atom. The van der Waals surface area contributed by atoms with E-state index in [4.69, 9.17) is 5.73 Å². The van der Waals surface area contributed by atoms with Crippen LogP contribution in [0.4, 0.5) is 5.69 Å². The number of anilines is 1. The summed E-state index contributed by atoms with van der Waals surface area (Å²) < 4.78 is 2.39. The maximum Gasteiger partial charge on any atom is 0.143 e. The lowest BCUT2D eigenvalue weighted by Crippen LogP contribution is -1.96. The average molecular weight is 240 g/mol. The van der Waals surface area contributed by atoms with Gasteiger partial charge in [-0.3, -0.25) is 0 Å². The van der Waals surface area contributed by atoms with Crippen molar-refractivity contribution in [1.29, 1.82) is 0 Å². The fourth-order valence-corrected chi connectivity index (χ4v) is 1.30. The normalized spacial score (nSPS) is 10.2. The van der Waals surface area contributed by atoms with Crippen molar-refractivity contribution in [3.05, 3.63) is 29.0 Å². The van der Waals surface area contributed by atoms with Gasteiger partial charge in [0.1, 0.15) is 6.33 Å². The van der Waals surface area contributed by atoms with Crippen LogP contribution >= 0.6 is 15.9 Å². The Hall–Kier alpha value is -1.43. The molecule has 6 heteroatoms. The van der Waals surface area contributed by atoms with Gasteiger partial charge < -0.3 is 5.73 Å². The van der Waals surface area contributed by atoms with Crippen molar-refractivity contribution >= 4 is 21.6 Å². The third kappa shape index (κ3) is 1.52. The molecule has 0 radical (unpaired) electrons. The van der Waals surface area contributed by atoms with E-state index in [2.05, 4.69) is 31.5 Å². The smallest absolute Gasteiger partial charge is 0.143 e. The molecule has 2 N–H and O–H groups in total. The van der Waals surface area contributed by atoms with Gasteiger partial charge in [0, 0.05) is 10.2 Å². The average Bonchev–Trinajstić information content (AvgIpc) is 2.62. The standard InChI is InChI=1S/C7H6BrN5/c8-6-3-5(1-2-7(6)9)13-4-10-11-12-13/h1-4H,9H2. The zero-order chi connectivity index (χ0) is 9.26. The largest absolute Gasteiger partial charge is 0.398 e. The first kappa shape index (κ1) is 8.18. The summed E-state index contributed by atoms with van der Waals surface area (Å²) in [6.07, 6.45) is 1.53. The van der Waals surface area contributed by atoms with Crippen molar-refractivity contribution in [2.45, 2.75) is 0 Å². The van der Waals surface area contributed by atoms with E-state index in [0.29, 0.717) is 5.69 Å². The minimum absolute atomic E-state index is 0.692. The van der Waals surface area contributed by atoms with E-state index in [1.54, 1.807) is 10.7 Å². The molecule has 0 saturated carbocycles. The number of aromatic nitrogens is 4. The van der Waals surface area contributed by atoms with Crippen LogP contribution in [0.3, 0.4) is 0 Å². The number of nitrogens with two attached hydrogens (primary N) is 1. The highest BCUT2D eigenvalue weighted by Crippen LogP contribution is 2.21. The van der Waals surface area contributed by atoms with Crippen LogP contribution in [0.5, 0.6) is 0 Å². The lowest BCUT2D eigenvalue weighted by atomic mass is 10.3. The molecule has 0 bridgehead atoms. The second kappa shape index (κ2) is 3.14. The molecule has 0 atom stereocenters. The van der Waals surface area contributed by atoms with Crippen LogP contribution in [0.2, 0.25) is 0 Å². The quantitative estimate of drug-likeness (QED) is 0.755. The Balaban J connectivity index is 2.49. The van der Waals surface area contributed by atoms with Crippen LogP contribution in [0.25, 0.3) is 5.69 Å². The molecule has 0 aliphatic carbocycles. The fraction of sp³-hybridized carbons (Fsp3) is 0. The molecular formula is C7H6BrN5. The maximum absolute atomic E-state index is 5.63. The summed E-state index contributed by atoms with van der Waals surface area (Å²) in [5, 5.41) is 10.8. The monoisotopic (exact) mass is 239 g/mol. The van der Waals surface area contributed by atoms with Gasteiger partial charge in [0.2, 0.25) is 0 Å². The van der Waals surface area contributed by atoms with Crippen LogP contribution in [0.15, 0.2) is 29.0 Å². The zero-order valence-corrected chi connectivity index (χ0v) is 8.14. The Labute approximate surface area is 82.7 Å². The number of halogens is 1. The Morgan fingerprint density at radius 3 is 2.85 bits per heavy atom. The van der Waals surface area contributed by atoms with Gasteiger partial charge in [-0.2, -0.15) is 0 Å². The van der Waals surface area contributed by atoms with E-state index >= 15 is 0 Å². The summed E-state index contributed by atoms with van der Waals surface area (Å²) in [7, 11) is 0. The SMILES string of the molecule is Nc1ccc(-n2cnnn2)cc1Br. The minimum Gasteiger partial charge on any atom is -0.398 e. The summed E-state index contributed by atoms with van der Waals surface area (Å²) in [4.78, 5) is 0. The molecule has 0 aliphatic heterocycles. The number of nitrogens with zero attached hydrogens (tertiary/aromatic N) is 4. The molecule has 0 amide bonds. The molecule has 66 valence electrons. The molecule has 5 nitrogen and oxygen atoms in total. The molecule has 2 aromatic rings. The number of benzene rings is 1. The molecule has 0 unspecified atom stereocenters. The van der Waals surface area contributed by atoms with Crippen molar-refractivity contribution in [3.63, 3.8) is 0 Å². The van der Waals surface area contributed by atoms with E-state index in [0.717, 1.165) is 10.2 Å². The number of rotatable bonds is 1. The number of hydrogen-bond donors (Lipinski definition) is 1. The third-order valence-electron chi connectivity index (χ3n) is 1.60. The summed E-state index contributed by atoms with van der Waals surface area (Å²) in [6.45, 7) is 0. The highest BCUT2D eigenvalue weighted by atomic mass is 79.9. The highest BCUT2D eigenvalue weighted by molar-refractivity contribution is 9.10. The van der Waals surface area contributed by atoms with Gasteiger partial charge in [0.25, 0.3) is 0 Å². The first-order valence-electron chi connectivity index (χ1n) is 3.56. The second-order valence-corrected chi connectivity index (χ2v) is 3.31. The molecule has 1 aromatic carbocycles. The highest BCUT2D eigenvalue weighted by Gasteiger charge is 2.00. The topological polar surface area (TPSA) is 69.6 Å². The maximum atomic E-state index is 5.63. The van der Waals surface area contributed by atoms with Crippen LogP contribution in [-0.4, -0.2) is 20.2 Å². The number of hydrogen-bond acceptors (Lipinski definition) is 4. The Bertz CT molecular complexity index is 411. The molecule has 0 aliphatic rings. The van der Waals surface area contributed by atoms with Gasteiger partial charge in [-0.25, -0.2) is 4.68 Å². The van der Waals surface area contributed by atoms with Crippen molar-refractivity contribution in [3.8, 4) is 5.69 Å². The Kier molecular flexibility index (Phi) is 1.97. The van der Waals surface area contributed by atoms with Gasteiger partial charge in [0.05, 0.1) is 5.69 Å². The van der Waals surface area contributed by atoms with Gasteiger partial charge in [-0.1, -0.05) is 0 Å². The van der Waals surface area contributed by atoms with Crippen molar-refractivity contribution in [2.75, 3.05) is 5.73 Å². The first-order chi connectivity index (χ1) is 6.27. The van der Waals surface area contributed by atoms with Crippen molar-refractivity contribution < 1.29 is 0 Å². The van der Waals surface area contributed by atoms with Gasteiger partial charge in [0.15, 0.2) is 0 Å². The third-order valence-corrected chi connectivity index (χ3v) is 2.28. The van der Waals surface area contributed by atoms with E-state index in [-0.39, 0.29) is 0 Å². The number of tetrazole rings is 1. The zero-order valence-electron chi connectivity index (χ0n) is 6.55.